The van der Waals surface area contributed by atoms with Crippen molar-refractivity contribution < 1.29 is 9.59 Å². The molecule has 1 aromatic carbocycles. The third-order valence-electron chi connectivity index (χ3n) is 3.61. The number of pyridine rings is 1. The highest BCUT2D eigenvalue weighted by atomic mass is 16.2. The molecule has 2 amide bonds. The molecule has 0 bridgehead atoms. The first-order valence-electron chi connectivity index (χ1n) is 6.77. The van der Waals surface area contributed by atoms with E-state index in [2.05, 4.69) is 4.98 Å². The summed E-state index contributed by atoms with van der Waals surface area (Å²) in [5, 5.41) is 0. The van der Waals surface area contributed by atoms with Gasteiger partial charge in [-0.2, -0.15) is 0 Å². The van der Waals surface area contributed by atoms with Crippen molar-refractivity contribution in [2.45, 2.75) is 6.42 Å². The largest absolute Gasteiger partial charge is 0.369 e. The number of nitrogens with zero attached hydrogens (tertiary/aromatic N) is 2. The monoisotopic (exact) mass is 281 g/mol. The molecule has 1 aliphatic heterocycles. The van der Waals surface area contributed by atoms with Crippen LogP contribution in [0.2, 0.25) is 0 Å². The molecule has 1 aromatic heterocycles. The maximum Gasteiger partial charge on any atom is 0.229 e. The highest BCUT2D eigenvalue weighted by molar-refractivity contribution is 5.99. The van der Waals surface area contributed by atoms with Gasteiger partial charge in [0.25, 0.3) is 0 Å². The van der Waals surface area contributed by atoms with Gasteiger partial charge in [0.1, 0.15) is 5.82 Å². The molecular weight excluding hydrogens is 266 g/mol. The van der Waals surface area contributed by atoms with Gasteiger partial charge in [0.05, 0.1) is 11.6 Å². The summed E-state index contributed by atoms with van der Waals surface area (Å²) in [6, 6.07) is 15.3. The van der Waals surface area contributed by atoms with Gasteiger partial charge in [0, 0.05) is 18.5 Å². The molecule has 0 aliphatic carbocycles. The van der Waals surface area contributed by atoms with E-state index in [1.165, 1.54) is 4.90 Å². The first-order chi connectivity index (χ1) is 10.1. The molecule has 1 atom stereocenters. The minimum Gasteiger partial charge on any atom is -0.369 e. The molecule has 21 heavy (non-hydrogen) atoms. The van der Waals surface area contributed by atoms with Crippen LogP contribution < -0.4 is 10.6 Å². The fourth-order valence-corrected chi connectivity index (χ4v) is 2.46. The first-order valence-corrected chi connectivity index (χ1v) is 6.77. The van der Waals surface area contributed by atoms with Gasteiger partial charge >= 0.3 is 0 Å². The van der Waals surface area contributed by atoms with Gasteiger partial charge < -0.3 is 5.73 Å². The Hall–Kier alpha value is -2.69. The normalized spacial score (nSPS) is 18.0. The lowest BCUT2D eigenvalue weighted by atomic mass is 10.1. The molecule has 1 aliphatic rings. The van der Waals surface area contributed by atoms with E-state index in [-0.39, 0.29) is 12.3 Å². The Morgan fingerprint density at radius 2 is 1.90 bits per heavy atom. The number of primary amides is 1. The van der Waals surface area contributed by atoms with Gasteiger partial charge in [-0.25, -0.2) is 4.98 Å². The molecular formula is C16H15N3O2. The molecule has 2 aromatic rings. The van der Waals surface area contributed by atoms with Crippen molar-refractivity contribution >= 4 is 17.6 Å². The Kier molecular flexibility index (Phi) is 3.39. The summed E-state index contributed by atoms with van der Waals surface area (Å²) in [5.74, 6) is -0.425. The van der Waals surface area contributed by atoms with Crippen molar-refractivity contribution in [2.75, 3.05) is 11.4 Å². The number of carbonyl (C=O) groups is 2. The van der Waals surface area contributed by atoms with Crippen LogP contribution in [-0.2, 0) is 9.59 Å². The van der Waals surface area contributed by atoms with Crippen molar-refractivity contribution in [1.29, 1.82) is 0 Å². The summed E-state index contributed by atoms with van der Waals surface area (Å²) in [6.45, 7) is 0.305. The van der Waals surface area contributed by atoms with Crippen LogP contribution in [0.4, 0.5) is 5.82 Å². The quantitative estimate of drug-likeness (QED) is 0.928. The number of aromatic nitrogens is 1. The molecule has 5 nitrogen and oxygen atoms in total. The van der Waals surface area contributed by atoms with E-state index in [1.807, 2.05) is 42.5 Å². The standard InChI is InChI=1S/C16H15N3O2/c17-16(21)12-9-15(20)19(10-12)14-8-4-7-13(18-14)11-5-2-1-3-6-11/h1-8,12H,9-10H2,(H2,17,21). The van der Waals surface area contributed by atoms with Crippen LogP contribution >= 0.6 is 0 Å². The molecule has 3 rings (SSSR count). The zero-order chi connectivity index (χ0) is 14.8. The number of anilines is 1. The van der Waals surface area contributed by atoms with Crippen LogP contribution in [0.5, 0.6) is 0 Å². The number of amides is 2. The Labute approximate surface area is 122 Å². The molecule has 1 saturated heterocycles. The highest BCUT2D eigenvalue weighted by Gasteiger charge is 2.34. The van der Waals surface area contributed by atoms with Crippen molar-refractivity contribution in [3.8, 4) is 11.3 Å². The van der Waals surface area contributed by atoms with E-state index >= 15 is 0 Å². The van der Waals surface area contributed by atoms with E-state index in [1.54, 1.807) is 6.07 Å². The number of hydrogen-bond acceptors (Lipinski definition) is 3. The predicted octanol–water partition coefficient (Wildman–Crippen LogP) is 1.59. The van der Waals surface area contributed by atoms with Gasteiger partial charge in [-0.15, -0.1) is 0 Å². The van der Waals surface area contributed by atoms with Crippen LogP contribution in [-0.4, -0.2) is 23.3 Å². The summed E-state index contributed by atoms with van der Waals surface area (Å²) >= 11 is 0. The summed E-state index contributed by atoms with van der Waals surface area (Å²) < 4.78 is 0. The van der Waals surface area contributed by atoms with Crippen LogP contribution in [0.1, 0.15) is 6.42 Å². The summed E-state index contributed by atoms with van der Waals surface area (Å²) in [6.07, 6.45) is 0.159. The summed E-state index contributed by atoms with van der Waals surface area (Å²) in [7, 11) is 0. The van der Waals surface area contributed by atoms with Gasteiger partial charge in [0.2, 0.25) is 11.8 Å². The van der Waals surface area contributed by atoms with Crippen molar-refractivity contribution in [3.05, 3.63) is 48.5 Å². The molecule has 5 heteroatoms. The molecule has 0 spiro atoms. The Morgan fingerprint density at radius 3 is 2.57 bits per heavy atom. The van der Waals surface area contributed by atoms with Gasteiger partial charge in [-0.3, -0.25) is 14.5 Å². The summed E-state index contributed by atoms with van der Waals surface area (Å²) in [4.78, 5) is 29.3. The van der Waals surface area contributed by atoms with Crippen LogP contribution in [0.25, 0.3) is 11.3 Å². The number of carbonyl (C=O) groups excluding carboxylic acids is 2. The van der Waals surface area contributed by atoms with Gasteiger partial charge in [0.15, 0.2) is 0 Å². The number of benzene rings is 1. The highest BCUT2D eigenvalue weighted by Crippen LogP contribution is 2.26. The third kappa shape index (κ3) is 2.63. The van der Waals surface area contributed by atoms with Gasteiger partial charge in [-0.05, 0) is 12.1 Å². The molecule has 1 fully saturated rings. The van der Waals surface area contributed by atoms with Crippen molar-refractivity contribution in [3.63, 3.8) is 0 Å². The third-order valence-corrected chi connectivity index (χ3v) is 3.61. The second-order valence-electron chi connectivity index (χ2n) is 5.05. The molecule has 2 heterocycles. The van der Waals surface area contributed by atoms with Crippen molar-refractivity contribution in [1.82, 2.24) is 4.98 Å². The molecule has 2 N–H and O–H groups in total. The minimum absolute atomic E-state index is 0.114. The molecule has 0 saturated carbocycles. The zero-order valence-electron chi connectivity index (χ0n) is 11.4. The predicted molar refractivity (Wildman–Crippen MR) is 79.3 cm³/mol. The summed E-state index contributed by atoms with van der Waals surface area (Å²) in [5.41, 5.74) is 7.06. The van der Waals surface area contributed by atoms with Crippen LogP contribution in [0.3, 0.4) is 0 Å². The second-order valence-corrected chi connectivity index (χ2v) is 5.05. The minimum atomic E-state index is -0.440. The topological polar surface area (TPSA) is 76.3 Å². The SMILES string of the molecule is NC(=O)C1CC(=O)N(c2cccc(-c3ccccc3)n2)C1. The van der Waals surface area contributed by atoms with E-state index in [0.717, 1.165) is 11.3 Å². The van der Waals surface area contributed by atoms with E-state index < -0.39 is 11.8 Å². The van der Waals surface area contributed by atoms with Crippen LogP contribution in [0, 0.1) is 5.92 Å². The number of hydrogen-bond donors (Lipinski definition) is 1. The van der Waals surface area contributed by atoms with E-state index in [9.17, 15) is 9.59 Å². The van der Waals surface area contributed by atoms with Crippen molar-refractivity contribution in [2.24, 2.45) is 11.7 Å². The van der Waals surface area contributed by atoms with Gasteiger partial charge in [-0.1, -0.05) is 36.4 Å². The number of nitrogens with two attached hydrogens (primary N) is 1. The van der Waals surface area contributed by atoms with Crippen LogP contribution in [0.15, 0.2) is 48.5 Å². The average molecular weight is 281 g/mol. The average Bonchev–Trinajstić information content (AvgIpc) is 2.91. The fraction of sp³-hybridized carbons (Fsp3) is 0.188. The fourth-order valence-electron chi connectivity index (χ4n) is 2.46. The molecule has 106 valence electrons. The maximum absolute atomic E-state index is 12.0. The maximum atomic E-state index is 12.0. The van der Waals surface area contributed by atoms with E-state index in [0.29, 0.717) is 12.4 Å². The lowest BCUT2D eigenvalue weighted by molar-refractivity contribution is -0.123. The Balaban J connectivity index is 1.90. The number of rotatable bonds is 3. The first kappa shape index (κ1) is 13.3. The zero-order valence-corrected chi connectivity index (χ0v) is 11.4. The Bertz CT molecular complexity index is 685. The lowest BCUT2D eigenvalue weighted by Gasteiger charge is -2.16. The smallest absolute Gasteiger partial charge is 0.229 e. The van der Waals surface area contributed by atoms with E-state index in [4.69, 9.17) is 5.73 Å². The second kappa shape index (κ2) is 5.36. The molecule has 1 unspecified atom stereocenters. The Morgan fingerprint density at radius 1 is 1.14 bits per heavy atom. The lowest BCUT2D eigenvalue weighted by Crippen LogP contribution is -2.29. The molecule has 0 radical (unpaired) electrons.